The monoisotopic (exact) mass is 2280 g/mol. The van der Waals surface area contributed by atoms with Gasteiger partial charge in [-0.15, -0.1) is 23.9 Å². The molecule has 0 saturated heterocycles. The van der Waals surface area contributed by atoms with E-state index in [4.69, 9.17) is 54.7 Å². The van der Waals surface area contributed by atoms with Crippen LogP contribution in [0.4, 0.5) is 54.1 Å². The highest BCUT2D eigenvalue weighted by molar-refractivity contribution is 9.10. The molecule has 0 saturated carbocycles. The molecule has 8 N–H and O–H groups in total. The van der Waals surface area contributed by atoms with Gasteiger partial charge in [-0.2, -0.15) is 9.80 Å². The molecule has 11 rings (SSSR count). The molecule has 45 heteroatoms. The molecule has 0 aliphatic carbocycles. The minimum Gasteiger partial charge on any atom is -0.443 e. The summed E-state index contributed by atoms with van der Waals surface area (Å²) in [6, 6.07) is 32.1. The Hall–Kier alpha value is -13.4. The van der Waals surface area contributed by atoms with Crippen molar-refractivity contribution in [3.05, 3.63) is 197 Å². The Balaban J connectivity index is 0.000000282. The number of terminal acetylenes is 2. The SMILES string of the molecule is C#Cc1nc(-c2ccc(S(=O)(=O)C(C)C)cc2)cnc1N.C#Cc1nc(-c2ccc(S(=O)(=O)C(C)C)cc2)cnc1N(C(=O)OC(C)(C)C)C(=O)OC(C)(C)C.CC(C)S(=O)(=O)c1ccc(-c2cnc(N(C(=O)OC(C)(C)C)C(=O)OC(C)(C)C)c(C#C[Si](C)(C)C)n2)cc1.CC(C)S(=O)(=O)c1ccc(-c2cnc(N)c(Br)n2)cc1.CC(C)S(=O)(=O)c1ccc(-c2cnc(N)c(C#C[Si](C)(C)C)n2)cc1.Nc1cnc(Br)cn1. The summed E-state index contributed by atoms with van der Waals surface area (Å²) in [5.74, 6) is 11.7. The van der Waals surface area contributed by atoms with Crippen molar-refractivity contribution in [1.29, 1.82) is 0 Å². The first-order valence-corrected chi connectivity index (χ1v) is 62.1. The maximum Gasteiger partial charge on any atom is 0.425 e. The Morgan fingerprint density at radius 2 is 0.547 bits per heavy atom. The van der Waals surface area contributed by atoms with Gasteiger partial charge in [0.25, 0.3) is 0 Å². The number of anilines is 6. The van der Waals surface area contributed by atoms with Crippen LogP contribution in [0, 0.1) is 47.6 Å². The molecule has 0 aliphatic rings. The summed E-state index contributed by atoms with van der Waals surface area (Å²) in [6.45, 7) is 49.0. The number of halogens is 2. The summed E-state index contributed by atoms with van der Waals surface area (Å²) in [4.78, 5) is 105. The van der Waals surface area contributed by atoms with Gasteiger partial charge in [0.05, 0.1) is 123 Å². The fourth-order valence-corrected chi connectivity index (χ4v) is 18.1. The number of sulfone groups is 5. The van der Waals surface area contributed by atoms with Crippen LogP contribution in [0.25, 0.3) is 56.3 Å². The number of benzene rings is 5. The number of carbonyl (C=O) groups excluding carboxylic acids is 4. The van der Waals surface area contributed by atoms with Crippen LogP contribution in [0.3, 0.4) is 0 Å². The van der Waals surface area contributed by atoms with Gasteiger partial charge >= 0.3 is 24.4 Å². The second-order valence-electron chi connectivity index (χ2n) is 40.0. The molecule has 4 amide bonds. The quantitative estimate of drug-likeness (QED) is 0.0374. The Kier molecular flexibility index (Phi) is 42.1. The molecule has 0 aliphatic heterocycles. The van der Waals surface area contributed by atoms with E-state index in [1.807, 2.05) is 19.6 Å². The van der Waals surface area contributed by atoms with Crippen molar-refractivity contribution in [2.75, 3.05) is 32.7 Å². The number of hydrogen-bond acceptors (Lipinski definition) is 34. The van der Waals surface area contributed by atoms with Gasteiger partial charge in [0.15, 0.2) is 101 Å². The van der Waals surface area contributed by atoms with Crippen LogP contribution in [0.1, 0.15) is 175 Å². The molecule has 0 atom stereocenters. The highest BCUT2D eigenvalue weighted by Crippen LogP contribution is 2.34. The zero-order valence-electron chi connectivity index (χ0n) is 87.8. The molecule has 0 unspecified atom stereocenters. The van der Waals surface area contributed by atoms with E-state index in [1.165, 1.54) is 49.1 Å². The molecule has 6 heterocycles. The lowest BCUT2D eigenvalue weighted by atomic mass is 10.1. The predicted molar refractivity (Wildman–Crippen MR) is 590 cm³/mol. The predicted octanol–water partition coefficient (Wildman–Crippen LogP) is 19.7. The molecular weight excluding hydrogens is 2150 g/mol. The first-order valence-electron chi connectivity index (χ1n) is 45.8. The number of hydrogen-bond donors (Lipinski definition) is 4. The van der Waals surface area contributed by atoms with Crippen molar-refractivity contribution in [1.82, 2.24) is 59.8 Å². The van der Waals surface area contributed by atoms with Gasteiger partial charge in [-0.05, 0) is 257 Å². The number of nitrogens with zero attached hydrogens (tertiary/aromatic N) is 14. The van der Waals surface area contributed by atoms with Crippen molar-refractivity contribution < 1.29 is 80.2 Å². The fraction of sp³-hybridized carbons (Fsp3) is 0.359. The number of carbonyl (C=O) groups is 4. The number of nitrogens with two attached hydrogens (primary N) is 4. The molecule has 6 aromatic heterocycles. The second-order valence-corrected chi connectivity index (χ2v) is 63.6. The third-order valence-corrected chi connectivity index (χ3v) is 32.7. The van der Waals surface area contributed by atoms with Crippen LogP contribution in [-0.4, -0.2) is 191 Å². The maximum absolute atomic E-state index is 13.2. The normalized spacial score (nSPS) is 11.8. The molecule has 0 radical (unpaired) electrons. The van der Waals surface area contributed by atoms with E-state index >= 15 is 0 Å². The van der Waals surface area contributed by atoms with Crippen LogP contribution in [0.15, 0.2) is 198 Å². The fourth-order valence-electron chi connectivity index (χ4n) is 11.3. The molecule has 0 fully saturated rings. The minimum atomic E-state index is -3.44. The van der Waals surface area contributed by atoms with E-state index in [2.05, 4.69) is 146 Å². The number of rotatable bonds is 17. The number of imide groups is 2. The smallest absolute Gasteiger partial charge is 0.425 e. The van der Waals surface area contributed by atoms with Crippen molar-refractivity contribution in [2.45, 2.75) is 265 Å². The van der Waals surface area contributed by atoms with Gasteiger partial charge in [0.2, 0.25) is 0 Å². The van der Waals surface area contributed by atoms with Gasteiger partial charge in [-0.1, -0.05) is 112 Å². The second kappa shape index (κ2) is 50.6. The van der Waals surface area contributed by atoms with E-state index in [0.717, 1.165) is 16.7 Å². The van der Waals surface area contributed by atoms with Gasteiger partial charge in [0.1, 0.15) is 53.6 Å². The van der Waals surface area contributed by atoms with E-state index in [9.17, 15) is 61.3 Å². The molecule has 11 aromatic rings. The molecule has 0 spiro atoms. The summed E-state index contributed by atoms with van der Waals surface area (Å²) in [7, 11) is -20.2. The standard InChI is InChI=1S/C28H39N3O6SSi.C25H31N3O6S.C18H23N3O2SSi.C15H15N3O2S.C13H14BrN3O2S.C4H4BrN3/c1-19(2)38(34,35)21-14-12-20(13-15-21)23-18-29-24(22(30-23)16-17-39(9,10)11)31(25(32)36-27(3,4)5)26(33)37-28(6,7)8;1-10-19-21(28(22(29)33-24(4,5)6)23(30)34-25(7,8)9)26-15-20(27-19)17-11-13-18(14-12-17)35(31,32)16(2)3;1-13(2)24(22,23)15-8-6-14(7-9-15)17-12-20-18(19)16(21-17)10-11-25(3,4)5;1-4-13-15(16)17-9-14(18-13)11-5-7-12(8-6-11)21(19,20)10(2)3;1-8(2)20(18,19)10-5-3-9(4-6-10)11-7-16-13(15)12(14)17-11;5-3-1-8-4(6)2-7-3/h12-15,18-19H,1-11H3;1,11-16H,2-9H3;6-9,12-13H,1-5H3,(H2,19,20);1,5-10H,2-3H3,(H2,16,17);3-8H,1-2H3,(H2,15,16);1-2H,(H2,6,8). The van der Waals surface area contributed by atoms with Crippen molar-refractivity contribution in [3.8, 4) is 104 Å². The summed E-state index contributed by atoms with van der Waals surface area (Å²) in [5.41, 5.74) is 31.7. The first kappa shape index (κ1) is 123. The maximum atomic E-state index is 13.2. The van der Waals surface area contributed by atoms with Crippen LogP contribution < -0.4 is 32.7 Å². The first-order chi connectivity index (χ1) is 68.0. The summed E-state index contributed by atoms with van der Waals surface area (Å²) < 4.78 is 145. The average Bonchev–Trinajstić information content (AvgIpc) is 0.783. The topological polar surface area (TPSA) is 541 Å². The highest BCUT2D eigenvalue weighted by Gasteiger charge is 2.39. The number of amides is 4. The van der Waals surface area contributed by atoms with Gasteiger partial charge in [0, 0.05) is 27.8 Å². The molecule has 788 valence electrons. The van der Waals surface area contributed by atoms with Gasteiger partial charge in [-0.25, -0.2) is 121 Å². The largest absolute Gasteiger partial charge is 0.443 e. The van der Waals surface area contributed by atoms with Crippen LogP contribution >= 0.6 is 31.9 Å². The molecular formula is C103H126Br2N18O18S5Si2. The number of aromatic nitrogens is 12. The Morgan fingerprint density at radius 3 is 0.784 bits per heavy atom. The summed E-state index contributed by atoms with van der Waals surface area (Å²) in [6.07, 6.45) is 17.3. The van der Waals surface area contributed by atoms with Gasteiger partial charge in [-0.3, -0.25) is 0 Å². The Labute approximate surface area is 887 Å². The Bertz CT molecular complexity index is 7400. The summed E-state index contributed by atoms with van der Waals surface area (Å²) in [5, 5.41) is -2.49. The lowest BCUT2D eigenvalue weighted by Crippen LogP contribution is -2.44. The van der Waals surface area contributed by atoms with Gasteiger partial charge < -0.3 is 41.9 Å². The van der Waals surface area contributed by atoms with E-state index in [0.29, 0.717) is 91.5 Å². The molecule has 0 bridgehead atoms. The third kappa shape index (κ3) is 36.3. The van der Waals surface area contributed by atoms with E-state index in [1.54, 1.807) is 268 Å². The third-order valence-electron chi connectivity index (χ3n) is 19.1. The molecule has 148 heavy (non-hydrogen) atoms. The van der Waals surface area contributed by atoms with Crippen LogP contribution in [0.2, 0.25) is 39.3 Å². The van der Waals surface area contributed by atoms with Crippen molar-refractivity contribution >= 4 is 156 Å². The van der Waals surface area contributed by atoms with E-state index in [-0.39, 0.29) is 49.2 Å². The zero-order chi connectivity index (χ0) is 112. The van der Waals surface area contributed by atoms with E-state index < -0.39 is 138 Å². The molecule has 36 nitrogen and oxygen atoms in total. The zero-order valence-corrected chi connectivity index (χ0v) is 97.1. The lowest BCUT2D eigenvalue weighted by Gasteiger charge is -2.28. The average molecular weight is 2280 g/mol. The lowest BCUT2D eigenvalue weighted by molar-refractivity contribution is 0.0406. The highest BCUT2D eigenvalue weighted by atomic mass is 79.9. The van der Waals surface area contributed by atoms with Crippen molar-refractivity contribution in [3.63, 3.8) is 0 Å². The molecule has 5 aromatic carbocycles. The van der Waals surface area contributed by atoms with Crippen molar-refractivity contribution in [2.24, 2.45) is 0 Å². The summed E-state index contributed by atoms with van der Waals surface area (Å²) >= 11 is 6.33. The number of nitrogen functional groups attached to an aromatic ring is 4. The van der Waals surface area contributed by atoms with Crippen LogP contribution in [-0.2, 0) is 68.1 Å². The minimum absolute atomic E-state index is 0.0884. The number of ether oxygens (including phenoxy) is 4. The Morgan fingerprint density at radius 1 is 0.318 bits per heavy atom. The van der Waals surface area contributed by atoms with Crippen LogP contribution in [0.5, 0.6) is 0 Å².